The zero-order valence-corrected chi connectivity index (χ0v) is 11.4. The van der Waals surface area contributed by atoms with E-state index in [4.69, 9.17) is 17.3 Å². The maximum Gasteiger partial charge on any atom is 0.221 e. The lowest BCUT2D eigenvalue weighted by Gasteiger charge is -2.21. The number of hydrogen-bond acceptors (Lipinski definition) is 2. The molecule has 0 aliphatic carbocycles. The summed E-state index contributed by atoms with van der Waals surface area (Å²) in [6.07, 6.45) is 0.887. The van der Waals surface area contributed by atoms with Crippen LogP contribution in [0.4, 0.5) is 0 Å². The Morgan fingerprint density at radius 2 is 2.39 bits per heavy atom. The van der Waals surface area contributed by atoms with E-state index in [0.717, 1.165) is 31.1 Å². The quantitative estimate of drug-likeness (QED) is 0.909. The Labute approximate surface area is 113 Å². The lowest BCUT2D eigenvalue weighted by molar-refractivity contribution is -0.121. The Bertz CT molecular complexity index is 436. The Morgan fingerprint density at radius 3 is 3.00 bits per heavy atom. The number of primary amides is 1. The highest BCUT2D eigenvalue weighted by atomic mass is 35.5. The first kappa shape index (κ1) is 13.4. The third-order valence-corrected chi connectivity index (χ3v) is 3.86. The highest BCUT2D eigenvalue weighted by molar-refractivity contribution is 6.30. The summed E-state index contributed by atoms with van der Waals surface area (Å²) in [5.41, 5.74) is 6.58. The van der Waals surface area contributed by atoms with Gasteiger partial charge in [-0.3, -0.25) is 4.79 Å². The molecule has 0 bridgehead atoms. The molecule has 1 aliphatic heterocycles. The fourth-order valence-electron chi connectivity index (χ4n) is 2.54. The molecule has 1 aromatic carbocycles. The average Bonchev–Trinajstić information content (AvgIpc) is 2.77. The van der Waals surface area contributed by atoms with Gasteiger partial charge in [-0.2, -0.15) is 0 Å². The SMILES string of the molecule is C[C@@H](CN1CC[C@@H](C(N)=O)C1)c1cccc(Cl)c1. The molecule has 0 unspecified atom stereocenters. The minimum atomic E-state index is -0.173. The molecule has 4 heteroatoms. The summed E-state index contributed by atoms with van der Waals surface area (Å²) in [4.78, 5) is 13.4. The first-order valence-electron chi connectivity index (χ1n) is 6.33. The minimum absolute atomic E-state index is 0.0246. The van der Waals surface area contributed by atoms with Crippen molar-refractivity contribution < 1.29 is 4.79 Å². The lowest BCUT2D eigenvalue weighted by Crippen LogP contribution is -2.29. The molecule has 18 heavy (non-hydrogen) atoms. The van der Waals surface area contributed by atoms with Crippen LogP contribution in [0.15, 0.2) is 24.3 Å². The van der Waals surface area contributed by atoms with Crippen molar-refractivity contribution in [2.45, 2.75) is 19.3 Å². The van der Waals surface area contributed by atoms with E-state index < -0.39 is 0 Å². The van der Waals surface area contributed by atoms with Gasteiger partial charge in [0.25, 0.3) is 0 Å². The van der Waals surface area contributed by atoms with Gasteiger partial charge >= 0.3 is 0 Å². The van der Waals surface area contributed by atoms with E-state index in [0.29, 0.717) is 5.92 Å². The van der Waals surface area contributed by atoms with Crippen molar-refractivity contribution in [1.29, 1.82) is 0 Å². The molecule has 2 atom stereocenters. The highest BCUT2D eigenvalue weighted by Crippen LogP contribution is 2.23. The second-order valence-corrected chi connectivity index (χ2v) is 5.54. The van der Waals surface area contributed by atoms with E-state index in [1.807, 2.05) is 18.2 Å². The first-order valence-corrected chi connectivity index (χ1v) is 6.71. The zero-order valence-electron chi connectivity index (χ0n) is 10.6. The summed E-state index contributed by atoms with van der Waals surface area (Å²) in [5.74, 6) is 0.264. The Balaban J connectivity index is 1.92. The molecule has 0 aromatic heterocycles. The average molecular weight is 267 g/mol. The van der Waals surface area contributed by atoms with Crippen LogP contribution in [0.5, 0.6) is 0 Å². The van der Waals surface area contributed by atoms with Crippen molar-refractivity contribution in [2.75, 3.05) is 19.6 Å². The smallest absolute Gasteiger partial charge is 0.221 e. The van der Waals surface area contributed by atoms with Gasteiger partial charge in [0.2, 0.25) is 5.91 Å². The van der Waals surface area contributed by atoms with Crippen molar-refractivity contribution in [3.05, 3.63) is 34.9 Å². The van der Waals surface area contributed by atoms with Gasteiger partial charge in [-0.25, -0.2) is 0 Å². The number of halogens is 1. The second-order valence-electron chi connectivity index (χ2n) is 5.10. The number of carbonyl (C=O) groups excluding carboxylic acids is 1. The van der Waals surface area contributed by atoms with Gasteiger partial charge in [0, 0.05) is 18.1 Å². The van der Waals surface area contributed by atoms with Crippen LogP contribution in [0, 0.1) is 5.92 Å². The van der Waals surface area contributed by atoms with Crippen LogP contribution >= 0.6 is 11.6 Å². The normalized spacial score (nSPS) is 22.0. The largest absolute Gasteiger partial charge is 0.369 e. The molecule has 2 rings (SSSR count). The van der Waals surface area contributed by atoms with Crippen molar-refractivity contribution in [1.82, 2.24) is 4.90 Å². The molecule has 0 saturated carbocycles. The molecular weight excluding hydrogens is 248 g/mol. The molecule has 3 nitrogen and oxygen atoms in total. The predicted octanol–water partition coefficient (Wildman–Crippen LogP) is 2.25. The van der Waals surface area contributed by atoms with Gasteiger partial charge in [0.05, 0.1) is 5.92 Å². The van der Waals surface area contributed by atoms with Crippen LogP contribution < -0.4 is 5.73 Å². The van der Waals surface area contributed by atoms with Crippen molar-refractivity contribution in [3.63, 3.8) is 0 Å². The first-order chi connectivity index (χ1) is 8.56. The van der Waals surface area contributed by atoms with Crippen LogP contribution in [0.1, 0.15) is 24.8 Å². The summed E-state index contributed by atoms with van der Waals surface area (Å²) in [7, 11) is 0. The predicted molar refractivity (Wildman–Crippen MR) is 73.6 cm³/mol. The third-order valence-electron chi connectivity index (χ3n) is 3.62. The van der Waals surface area contributed by atoms with Crippen molar-refractivity contribution >= 4 is 17.5 Å². The summed E-state index contributed by atoms with van der Waals surface area (Å²) in [6, 6.07) is 7.97. The number of hydrogen-bond donors (Lipinski definition) is 1. The number of carbonyl (C=O) groups is 1. The molecule has 98 valence electrons. The second kappa shape index (κ2) is 5.72. The molecule has 1 fully saturated rings. The van der Waals surface area contributed by atoms with E-state index in [1.165, 1.54) is 5.56 Å². The molecule has 1 amide bonds. The summed E-state index contributed by atoms with van der Waals surface area (Å²) in [5, 5.41) is 0.774. The lowest BCUT2D eigenvalue weighted by atomic mass is 10.0. The van der Waals surface area contributed by atoms with Gasteiger partial charge in [-0.15, -0.1) is 0 Å². The van der Waals surface area contributed by atoms with E-state index in [1.54, 1.807) is 0 Å². The van der Waals surface area contributed by atoms with Gasteiger partial charge in [-0.1, -0.05) is 30.7 Å². The minimum Gasteiger partial charge on any atom is -0.369 e. The van der Waals surface area contributed by atoms with Crippen molar-refractivity contribution in [2.24, 2.45) is 11.7 Å². The zero-order chi connectivity index (χ0) is 13.1. The topological polar surface area (TPSA) is 46.3 Å². The van der Waals surface area contributed by atoms with Gasteiger partial charge in [0.15, 0.2) is 0 Å². The standard InChI is InChI=1S/C14H19ClN2O/c1-10(11-3-2-4-13(15)7-11)8-17-6-5-12(9-17)14(16)18/h2-4,7,10,12H,5-6,8-9H2,1H3,(H2,16,18)/t10-,12+/m0/s1. The summed E-state index contributed by atoms with van der Waals surface area (Å²) < 4.78 is 0. The summed E-state index contributed by atoms with van der Waals surface area (Å²) in [6.45, 7) is 4.88. The van der Waals surface area contributed by atoms with Crippen LogP contribution in [-0.2, 0) is 4.79 Å². The van der Waals surface area contributed by atoms with Crippen LogP contribution in [-0.4, -0.2) is 30.4 Å². The van der Waals surface area contributed by atoms with Gasteiger partial charge in [0.1, 0.15) is 0 Å². The third kappa shape index (κ3) is 3.24. The number of amides is 1. The van der Waals surface area contributed by atoms with Crippen molar-refractivity contribution in [3.8, 4) is 0 Å². The molecule has 1 aliphatic rings. The Kier molecular flexibility index (Phi) is 4.25. The van der Waals surface area contributed by atoms with Crippen LogP contribution in [0.25, 0.3) is 0 Å². The number of benzene rings is 1. The molecule has 1 saturated heterocycles. The molecule has 1 heterocycles. The van der Waals surface area contributed by atoms with E-state index >= 15 is 0 Å². The van der Waals surface area contributed by atoms with Crippen LogP contribution in [0.3, 0.4) is 0 Å². The highest BCUT2D eigenvalue weighted by Gasteiger charge is 2.27. The van der Waals surface area contributed by atoms with E-state index in [2.05, 4.69) is 17.9 Å². The maximum absolute atomic E-state index is 11.1. The molecule has 0 radical (unpaired) electrons. The number of rotatable bonds is 4. The Morgan fingerprint density at radius 1 is 1.61 bits per heavy atom. The number of nitrogens with two attached hydrogens (primary N) is 1. The Hall–Kier alpha value is -1.06. The molecule has 0 spiro atoms. The van der Waals surface area contributed by atoms with E-state index in [-0.39, 0.29) is 11.8 Å². The van der Waals surface area contributed by atoms with Crippen LogP contribution in [0.2, 0.25) is 5.02 Å². The van der Waals surface area contributed by atoms with E-state index in [9.17, 15) is 4.79 Å². The number of likely N-dealkylation sites (tertiary alicyclic amines) is 1. The van der Waals surface area contributed by atoms with Gasteiger partial charge in [-0.05, 0) is 36.6 Å². The monoisotopic (exact) mass is 266 g/mol. The van der Waals surface area contributed by atoms with Gasteiger partial charge < -0.3 is 10.6 Å². The fraction of sp³-hybridized carbons (Fsp3) is 0.500. The molecular formula is C14H19ClN2O. The fourth-order valence-corrected chi connectivity index (χ4v) is 2.74. The maximum atomic E-state index is 11.1. The summed E-state index contributed by atoms with van der Waals surface area (Å²) >= 11 is 6.00. The molecule has 2 N–H and O–H groups in total. The molecule has 1 aromatic rings. The number of nitrogens with zero attached hydrogens (tertiary/aromatic N) is 1.